The maximum atomic E-state index is 14.7. The summed E-state index contributed by atoms with van der Waals surface area (Å²) >= 11 is 13.2. The molecule has 0 unspecified atom stereocenters. The van der Waals surface area contributed by atoms with Gasteiger partial charge in [0.25, 0.3) is 10.0 Å². The van der Waals surface area contributed by atoms with Crippen LogP contribution in [0.5, 0.6) is 0 Å². The fourth-order valence-electron chi connectivity index (χ4n) is 5.91. The second-order valence-corrected chi connectivity index (χ2v) is 14.6. The average Bonchev–Trinajstić information content (AvgIpc) is 3.07. The second-order valence-electron chi connectivity index (χ2n) is 11.9. The second kappa shape index (κ2) is 15.8. The smallest absolute Gasteiger partial charge is 0.264 e. The normalized spacial score (nSPS) is 14.3. The van der Waals surface area contributed by atoms with Gasteiger partial charge in [0.2, 0.25) is 11.8 Å². The molecule has 7 nitrogen and oxygen atoms in total. The van der Waals surface area contributed by atoms with Crippen LogP contribution in [-0.4, -0.2) is 43.8 Å². The molecule has 1 aliphatic carbocycles. The van der Waals surface area contributed by atoms with Crippen molar-refractivity contribution < 1.29 is 18.0 Å². The monoisotopic (exact) mass is 691 g/mol. The molecule has 10 heteroatoms. The van der Waals surface area contributed by atoms with E-state index < -0.39 is 28.5 Å². The van der Waals surface area contributed by atoms with Gasteiger partial charge in [-0.05, 0) is 61.2 Å². The zero-order valence-corrected chi connectivity index (χ0v) is 28.6. The van der Waals surface area contributed by atoms with Crippen molar-refractivity contribution in [2.45, 2.75) is 69.0 Å². The zero-order chi connectivity index (χ0) is 33.4. The minimum absolute atomic E-state index is 0.00493. The van der Waals surface area contributed by atoms with E-state index in [9.17, 15) is 18.0 Å². The summed E-state index contributed by atoms with van der Waals surface area (Å²) in [6, 6.07) is 28.6. The molecule has 1 saturated carbocycles. The van der Waals surface area contributed by atoms with Crippen LogP contribution in [0.4, 0.5) is 5.69 Å². The van der Waals surface area contributed by atoms with Crippen LogP contribution in [0, 0.1) is 6.92 Å². The van der Waals surface area contributed by atoms with Gasteiger partial charge in [0.1, 0.15) is 12.6 Å². The number of hydrogen-bond acceptors (Lipinski definition) is 4. The number of carbonyl (C=O) groups is 2. The lowest BCUT2D eigenvalue weighted by Crippen LogP contribution is -2.55. The number of amides is 2. The Labute approximate surface area is 287 Å². The van der Waals surface area contributed by atoms with Crippen LogP contribution >= 0.6 is 23.2 Å². The number of sulfonamides is 1. The molecule has 0 aromatic heterocycles. The molecule has 1 N–H and O–H groups in total. The summed E-state index contributed by atoms with van der Waals surface area (Å²) in [7, 11) is -4.26. The molecular weight excluding hydrogens is 653 g/mol. The van der Waals surface area contributed by atoms with Crippen molar-refractivity contribution in [2.75, 3.05) is 10.8 Å². The Morgan fingerprint density at radius 2 is 1.43 bits per heavy atom. The first-order valence-electron chi connectivity index (χ1n) is 15.8. The molecule has 1 aliphatic rings. The molecule has 1 atom stereocenters. The first kappa shape index (κ1) is 34.5. The van der Waals surface area contributed by atoms with E-state index in [1.54, 1.807) is 54.6 Å². The van der Waals surface area contributed by atoms with E-state index in [0.717, 1.165) is 47.5 Å². The van der Waals surface area contributed by atoms with Crippen molar-refractivity contribution in [3.8, 4) is 0 Å². The molecule has 0 radical (unpaired) electrons. The fraction of sp³-hybridized carbons (Fsp3) is 0.297. The molecule has 4 aromatic carbocycles. The van der Waals surface area contributed by atoms with E-state index in [1.807, 2.05) is 43.3 Å². The van der Waals surface area contributed by atoms with Crippen LogP contribution in [0.25, 0.3) is 0 Å². The fourth-order valence-corrected chi connectivity index (χ4v) is 7.83. The number of carbonyl (C=O) groups excluding carboxylic acids is 2. The number of rotatable bonds is 12. The van der Waals surface area contributed by atoms with Crippen LogP contribution in [0.15, 0.2) is 108 Å². The maximum absolute atomic E-state index is 14.7. The summed E-state index contributed by atoms with van der Waals surface area (Å²) in [4.78, 5) is 30.4. The molecule has 246 valence electrons. The largest absolute Gasteiger partial charge is 0.352 e. The predicted molar refractivity (Wildman–Crippen MR) is 188 cm³/mol. The summed E-state index contributed by atoms with van der Waals surface area (Å²) in [5.74, 6) is -0.855. The highest BCUT2D eigenvalue weighted by Gasteiger charge is 2.36. The zero-order valence-electron chi connectivity index (χ0n) is 26.3. The number of anilines is 1. The van der Waals surface area contributed by atoms with E-state index in [2.05, 4.69) is 5.32 Å². The molecule has 4 aromatic rings. The van der Waals surface area contributed by atoms with Crippen LogP contribution in [0.1, 0.15) is 48.8 Å². The van der Waals surface area contributed by atoms with Gasteiger partial charge in [0, 0.05) is 24.0 Å². The van der Waals surface area contributed by atoms with Crippen LogP contribution < -0.4 is 9.62 Å². The van der Waals surface area contributed by atoms with Crippen molar-refractivity contribution >= 4 is 50.7 Å². The van der Waals surface area contributed by atoms with Gasteiger partial charge in [-0.15, -0.1) is 0 Å². The molecule has 0 saturated heterocycles. The number of benzene rings is 4. The van der Waals surface area contributed by atoms with E-state index in [-0.39, 0.29) is 40.5 Å². The third-order valence-corrected chi connectivity index (χ3v) is 11.0. The Morgan fingerprint density at radius 1 is 0.809 bits per heavy atom. The first-order chi connectivity index (χ1) is 22.6. The maximum Gasteiger partial charge on any atom is 0.264 e. The third kappa shape index (κ3) is 8.74. The number of nitrogens with one attached hydrogen (secondary N) is 1. The lowest BCUT2D eigenvalue weighted by molar-refractivity contribution is -0.140. The highest BCUT2D eigenvalue weighted by molar-refractivity contribution is 7.92. The predicted octanol–water partition coefficient (Wildman–Crippen LogP) is 7.59. The molecule has 5 rings (SSSR count). The molecule has 0 bridgehead atoms. The van der Waals surface area contributed by atoms with Crippen molar-refractivity contribution in [2.24, 2.45) is 0 Å². The van der Waals surface area contributed by atoms with Gasteiger partial charge >= 0.3 is 0 Å². The van der Waals surface area contributed by atoms with Gasteiger partial charge in [-0.25, -0.2) is 8.42 Å². The molecule has 47 heavy (non-hydrogen) atoms. The third-order valence-electron chi connectivity index (χ3n) is 8.53. The number of nitrogens with zero attached hydrogens (tertiary/aromatic N) is 2. The molecule has 2 amide bonds. The summed E-state index contributed by atoms with van der Waals surface area (Å²) in [5.41, 5.74) is 2.55. The van der Waals surface area contributed by atoms with E-state index in [4.69, 9.17) is 23.2 Å². The van der Waals surface area contributed by atoms with Crippen molar-refractivity contribution in [3.05, 3.63) is 130 Å². The first-order valence-corrected chi connectivity index (χ1v) is 18.0. The van der Waals surface area contributed by atoms with Gasteiger partial charge < -0.3 is 10.2 Å². The standard InChI is InChI=1S/C37H39Cl2N3O4S/c1-27-20-22-31(23-21-27)47(45,46)42(34-19-11-10-18-33(34)39)26-36(43)41(25-29-14-8-9-17-32(29)38)35(24-28-12-4-2-5-13-28)37(44)40-30-15-6-3-7-16-30/h2,4-5,8-14,17-23,30,35H,3,6-7,15-16,24-26H2,1H3,(H,40,44)/t35-/m1/s1. The Kier molecular flexibility index (Phi) is 11.6. The molecule has 1 fully saturated rings. The lowest BCUT2D eigenvalue weighted by atomic mass is 9.94. The van der Waals surface area contributed by atoms with Crippen LogP contribution in [0.3, 0.4) is 0 Å². The number of halogens is 2. The molecule has 0 spiro atoms. The summed E-state index contributed by atoms with van der Waals surface area (Å²) < 4.78 is 29.5. The topological polar surface area (TPSA) is 86.8 Å². The highest BCUT2D eigenvalue weighted by atomic mass is 35.5. The number of hydrogen-bond donors (Lipinski definition) is 1. The van der Waals surface area contributed by atoms with E-state index in [0.29, 0.717) is 10.6 Å². The summed E-state index contributed by atoms with van der Waals surface area (Å²) in [6.07, 6.45) is 5.16. The van der Waals surface area contributed by atoms with E-state index in [1.165, 1.54) is 17.0 Å². The van der Waals surface area contributed by atoms with Crippen molar-refractivity contribution in [1.29, 1.82) is 0 Å². The number of aryl methyl sites for hydroxylation is 1. The van der Waals surface area contributed by atoms with Gasteiger partial charge in [-0.1, -0.05) is 121 Å². The van der Waals surface area contributed by atoms with Gasteiger partial charge in [-0.3, -0.25) is 13.9 Å². The lowest BCUT2D eigenvalue weighted by Gasteiger charge is -2.35. The Balaban J connectivity index is 1.58. The summed E-state index contributed by atoms with van der Waals surface area (Å²) in [6.45, 7) is 1.27. The molecule has 0 aliphatic heterocycles. The molecule has 0 heterocycles. The van der Waals surface area contributed by atoms with E-state index >= 15 is 0 Å². The quantitative estimate of drug-likeness (QED) is 0.166. The minimum atomic E-state index is -4.26. The Bertz CT molecular complexity index is 1780. The SMILES string of the molecule is Cc1ccc(S(=O)(=O)N(CC(=O)N(Cc2ccccc2Cl)[C@H](Cc2ccccc2)C(=O)NC2CCCCC2)c2ccccc2Cl)cc1. The average molecular weight is 693 g/mol. The van der Waals surface area contributed by atoms with Gasteiger partial charge in [0.15, 0.2) is 0 Å². The van der Waals surface area contributed by atoms with Crippen molar-refractivity contribution in [1.82, 2.24) is 10.2 Å². The molecular formula is C37H39Cl2N3O4S. The van der Waals surface area contributed by atoms with Crippen LogP contribution in [0.2, 0.25) is 10.0 Å². The Morgan fingerprint density at radius 3 is 2.09 bits per heavy atom. The summed E-state index contributed by atoms with van der Waals surface area (Å²) in [5, 5.41) is 3.82. The van der Waals surface area contributed by atoms with Gasteiger partial charge in [0.05, 0.1) is 15.6 Å². The number of para-hydroxylation sites is 1. The Hall–Kier alpha value is -3.85. The highest BCUT2D eigenvalue weighted by Crippen LogP contribution is 2.31. The van der Waals surface area contributed by atoms with Gasteiger partial charge in [-0.2, -0.15) is 0 Å². The van der Waals surface area contributed by atoms with Crippen LogP contribution in [-0.2, 0) is 32.6 Å². The van der Waals surface area contributed by atoms with Crippen molar-refractivity contribution in [3.63, 3.8) is 0 Å². The minimum Gasteiger partial charge on any atom is -0.352 e.